The van der Waals surface area contributed by atoms with E-state index in [1.54, 1.807) is 7.11 Å². The van der Waals surface area contributed by atoms with Gasteiger partial charge in [0.2, 0.25) is 0 Å². The molecular formula is C21H21BrN2O2. The number of benzene rings is 2. The lowest BCUT2D eigenvalue weighted by atomic mass is 10.0. The van der Waals surface area contributed by atoms with Crippen molar-refractivity contribution >= 4 is 38.4 Å². The number of halogens is 1. The minimum Gasteiger partial charge on any atom is -0.497 e. The Morgan fingerprint density at radius 2 is 1.96 bits per heavy atom. The lowest BCUT2D eigenvalue weighted by Crippen LogP contribution is -2.16. The minimum atomic E-state index is -0.153. The van der Waals surface area contributed by atoms with Crippen molar-refractivity contribution in [1.82, 2.24) is 4.98 Å². The number of amides is 1. The van der Waals surface area contributed by atoms with Crippen LogP contribution >= 0.6 is 15.9 Å². The predicted octanol–water partition coefficient (Wildman–Crippen LogP) is 5.44. The normalized spacial score (nSPS) is 10.8. The van der Waals surface area contributed by atoms with Gasteiger partial charge in [-0.1, -0.05) is 22.9 Å². The molecule has 134 valence electrons. The standard InChI is InChI=1S/C21H21BrN2O2/c1-5-14-9-16(22)8-12(2)20(14)24-21(25)18-11-15-10-17(26-4)6-7-19(15)23-13(18)3/h6-11H,5H2,1-4H3,(H,24,25). The molecule has 0 unspecified atom stereocenters. The van der Waals surface area contributed by atoms with Crippen molar-refractivity contribution in [1.29, 1.82) is 0 Å². The highest BCUT2D eigenvalue weighted by molar-refractivity contribution is 9.10. The highest BCUT2D eigenvalue weighted by Crippen LogP contribution is 2.28. The van der Waals surface area contributed by atoms with Gasteiger partial charge < -0.3 is 10.1 Å². The Balaban J connectivity index is 2.01. The van der Waals surface area contributed by atoms with Gasteiger partial charge in [-0.15, -0.1) is 0 Å². The number of pyridine rings is 1. The number of carbonyl (C=O) groups excluding carboxylic acids is 1. The summed E-state index contributed by atoms with van der Waals surface area (Å²) in [5.41, 5.74) is 5.10. The van der Waals surface area contributed by atoms with Gasteiger partial charge in [0.25, 0.3) is 5.91 Å². The van der Waals surface area contributed by atoms with Crippen LogP contribution in [-0.2, 0) is 6.42 Å². The molecule has 0 aliphatic carbocycles. The number of fused-ring (bicyclic) bond motifs is 1. The quantitative estimate of drug-likeness (QED) is 0.620. The summed E-state index contributed by atoms with van der Waals surface area (Å²) < 4.78 is 6.29. The van der Waals surface area contributed by atoms with E-state index in [1.807, 2.05) is 50.2 Å². The summed E-state index contributed by atoms with van der Waals surface area (Å²) in [5, 5.41) is 3.95. The number of hydrogen-bond acceptors (Lipinski definition) is 3. The maximum Gasteiger partial charge on any atom is 0.257 e. The highest BCUT2D eigenvalue weighted by Gasteiger charge is 2.15. The third kappa shape index (κ3) is 3.58. The van der Waals surface area contributed by atoms with Gasteiger partial charge in [0.1, 0.15) is 5.75 Å². The maximum atomic E-state index is 12.9. The fourth-order valence-electron chi connectivity index (χ4n) is 3.06. The lowest BCUT2D eigenvalue weighted by molar-refractivity contribution is 0.102. The number of methoxy groups -OCH3 is 1. The van der Waals surface area contributed by atoms with Crippen LogP contribution < -0.4 is 10.1 Å². The number of rotatable bonds is 4. The van der Waals surface area contributed by atoms with Crippen LogP contribution in [-0.4, -0.2) is 18.0 Å². The molecule has 2 aromatic carbocycles. The van der Waals surface area contributed by atoms with Gasteiger partial charge in [-0.25, -0.2) is 0 Å². The number of nitrogens with one attached hydrogen (secondary N) is 1. The van der Waals surface area contributed by atoms with Crippen LogP contribution in [0.1, 0.15) is 34.1 Å². The van der Waals surface area contributed by atoms with Gasteiger partial charge in [0.15, 0.2) is 0 Å². The van der Waals surface area contributed by atoms with Crippen molar-refractivity contribution in [3.05, 3.63) is 63.3 Å². The van der Waals surface area contributed by atoms with Crippen LogP contribution in [0.3, 0.4) is 0 Å². The van der Waals surface area contributed by atoms with E-state index in [1.165, 1.54) is 0 Å². The fraction of sp³-hybridized carbons (Fsp3) is 0.238. The van der Waals surface area contributed by atoms with Crippen LogP contribution in [0.15, 0.2) is 40.9 Å². The topological polar surface area (TPSA) is 51.2 Å². The summed E-state index contributed by atoms with van der Waals surface area (Å²) in [6.07, 6.45) is 0.835. The van der Waals surface area contributed by atoms with Crippen molar-refractivity contribution in [3.63, 3.8) is 0 Å². The van der Waals surface area contributed by atoms with E-state index < -0.39 is 0 Å². The summed E-state index contributed by atoms with van der Waals surface area (Å²) in [6.45, 7) is 5.93. The molecule has 1 amide bonds. The first-order valence-corrected chi connectivity index (χ1v) is 9.28. The molecule has 5 heteroatoms. The Morgan fingerprint density at radius 1 is 1.19 bits per heavy atom. The van der Waals surface area contributed by atoms with E-state index in [0.29, 0.717) is 11.3 Å². The maximum absolute atomic E-state index is 12.9. The van der Waals surface area contributed by atoms with Gasteiger partial charge in [-0.3, -0.25) is 9.78 Å². The van der Waals surface area contributed by atoms with E-state index in [-0.39, 0.29) is 5.91 Å². The van der Waals surface area contributed by atoms with Crippen molar-refractivity contribution in [2.24, 2.45) is 0 Å². The molecule has 4 nitrogen and oxygen atoms in total. The third-order valence-electron chi connectivity index (χ3n) is 4.46. The molecule has 0 bridgehead atoms. The molecule has 0 radical (unpaired) electrons. The van der Waals surface area contributed by atoms with E-state index >= 15 is 0 Å². The van der Waals surface area contributed by atoms with Crippen LogP contribution in [0.4, 0.5) is 5.69 Å². The van der Waals surface area contributed by atoms with E-state index in [9.17, 15) is 4.79 Å². The van der Waals surface area contributed by atoms with Crippen molar-refractivity contribution < 1.29 is 9.53 Å². The van der Waals surface area contributed by atoms with Crippen molar-refractivity contribution in [3.8, 4) is 5.75 Å². The van der Waals surface area contributed by atoms with Crippen LogP contribution in [0.5, 0.6) is 5.75 Å². The SMILES string of the molecule is CCc1cc(Br)cc(C)c1NC(=O)c1cc2cc(OC)ccc2nc1C. The molecule has 3 aromatic rings. The second kappa shape index (κ2) is 7.46. The Hall–Kier alpha value is -2.40. The Morgan fingerprint density at radius 3 is 2.65 bits per heavy atom. The first kappa shape index (κ1) is 18.4. The zero-order valence-corrected chi connectivity index (χ0v) is 16.9. The van der Waals surface area contributed by atoms with Crippen molar-refractivity contribution in [2.45, 2.75) is 27.2 Å². The number of aryl methyl sites for hydroxylation is 3. The number of ether oxygens (including phenoxy) is 1. The zero-order chi connectivity index (χ0) is 18.8. The van der Waals surface area contributed by atoms with Gasteiger partial charge in [0.05, 0.1) is 23.9 Å². The predicted molar refractivity (Wildman–Crippen MR) is 109 cm³/mol. The lowest BCUT2D eigenvalue weighted by Gasteiger charge is -2.15. The smallest absolute Gasteiger partial charge is 0.257 e. The van der Waals surface area contributed by atoms with Crippen LogP contribution in [0.2, 0.25) is 0 Å². The first-order valence-electron chi connectivity index (χ1n) is 8.48. The molecular weight excluding hydrogens is 392 g/mol. The molecule has 1 N–H and O–H groups in total. The molecule has 0 spiro atoms. The van der Waals surface area contributed by atoms with Crippen molar-refractivity contribution in [2.75, 3.05) is 12.4 Å². The minimum absolute atomic E-state index is 0.153. The largest absolute Gasteiger partial charge is 0.497 e. The second-order valence-electron chi connectivity index (χ2n) is 6.24. The molecule has 0 aliphatic heterocycles. The Bertz CT molecular complexity index is 999. The number of nitrogens with zero attached hydrogens (tertiary/aromatic N) is 1. The summed E-state index contributed by atoms with van der Waals surface area (Å²) in [7, 11) is 1.62. The average molecular weight is 413 g/mol. The summed E-state index contributed by atoms with van der Waals surface area (Å²) >= 11 is 3.52. The average Bonchev–Trinajstić information content (AvgIpc) is 2.62. The number of anilines is 1. The molecule has 0 saturated heterocycles. The second-order valence-corrected chi connectivity index (χ2v) is 7.16. The molecule has 3 rings (SSSR count). The van der Waals surface area contributed by atoms with E-state index in [2.05, 4.69) is 33.2 Å². The first-order chi connectivity index (χ1) is 12.4. The molecule has 1 heterocycles. The van der Waals surface area contributed by atoms with Gasteiger partial charge >= 0.3 is 0 Å². The highest BCUT2D eigenvalue weighted by atomic mass is 79.9. The van der Waals surface area contributed by atoms with Gasteiger partial charge in [0, 0.05) is 15.5 Å². The summed E-state index contributed by atoms with van der Waals surface area (Å²) in [4.78, 5) is 17.5. The number of aromatic nitrogens is 1. The number of hydrogen-bond donors (Lipinski definition) is 1. The van der Waals surface area contributed by atoms with Gasteiger partial charge in [-0.05, 0) is 67.8 Å². The molecule has 1 aromatic heterocycles. The molecule has 0 fully saturated rings. The summed E-state index contributed by atoms with van der Waals surface area (Å²) in [6, 6.07) is 11.6. The van der Waals surface area contributed by atoms with Crippen LogP contribution in [0, 0.1) is 13.8 Å². The third-order valence-corrected chi connectivity index (χ3v) is 4.92. The van der Waals surface area contributed by atoms with E-state index in [4.69, 9.17) is 4.74 Å². The monoisotopic (exact) mass is 412 g/mol. The molecule has 0 atom stereocenters. The molecule has 0 saturated carbocycles. The zero-order valence-electron chi connectivity index (χ0n) is 15.3. The molecule has 26 heavy (non-hydrogen) atoms. The fourth-order valence-corrected chi connectivity index (χ4v) is 3.68. The Kier molecular flexibility index (Phi) is 5.28. The van der Waals surface area contributed by atoms with Crippen LogP contribution in [0.25, 0.3) is 10.9 Å². The van der Waals surface area contributed by atoms with E-state index in [0.717, 1.165) is 44.4 Å². The Labute approximate surface area is 161 Å². The summed E-state index contributed by atoms with van der Waals surface area (Å²) in [5.74, 6) is 0.589. The number of carbonyl (C=O) groups is 1. The van der Waals surface area contributed by atoms with Gasteiger partial charge in [-0.2, -0.15) is 0 Å². The molecule has 0 aliphatic rings.